The second kappa shape index (κ2) is 10.8. The maximum atomic E-state index is 13.1. The number of likely N-dealkylation sites (tertiary alicyclic amines) is 1. The van der Waals surface area contributed by atoms with Crippen LogP contribution in [0.25, 0.3) is 0 Å². The van der Waals surface area contributed by atoms with Gasteiger partial charge in [0.15, 0.2) is 11.5 Å². The van der Waals surface area contributed by atoms with Crippen molar-refractivity contribution in [3.63, 3.8) is 0 Å². The first kappa shape index (κ1) is 21.1. The first-order valence-electron chi connectivity index (χ1n) is 10.3. The predicted octanol–water partition coefficient (Wildman–Crippen LogP) is 3.85. The number of benzene rings is 2. The Labute approximate surface area is 172 Å². The number of amides is 1. The van der Waals surface area contributed by atoms with E-state index in [9.17, 15) is 4.79 Å². The molecule has 0 atom stereocenters. The highest BCUT2D eigenvalue weighted by Crippen LogP contribution is 2.33. The van der Waals surface area contributed by atoms with E-state index >= 15 is 0 Å². The average Bonchev–Trinajstić information content (AvgIpc) is 2.76. The number of hydrogen-bond acceptors (Lipinski definition) is 5. The molecule has 0 aliphatic carbocycles. The first-order chi connectivity index (χ1) is 14.2. The van der Waals surface area contributed by atoms with E-state index < -0.39 is 0 Å². The van der Waals surface area contributed by atoms with Crippen molar-refractivity contribution in [2.45, 2.75) is 32.3 Å². The zero-order valence-corrected chi connectivity index (χ0v) is 17.0. The van der Waals surface area contributed by atoms with E-state index in [-0.39, 0.29) is 12.0 Å². The molecule has 0 aromatic heterocycles. The molecule has 29 heavy (non-hydrogen) atoms. The summed E-state index contributed by atoms with van der Waals surface area (Å²) in [6.07, 6.45) is 2.75. The number of para-hydroxylation sites is 3. The van der Waals surface area contributed by atoms with Crippen molar-refractivity contribution >= 4 is 5.91 Å². The van der Waals surface area contributed by atoms with Crippen molar-refractivity contribution in [2.24, 2.45) is 5.73 Å². The van der Waals surface area contributed by atoms with E-state index in [1.54, 1.807) is 0 Å². The highest BCUT2D eigenvalue weighted by Gasteiger charge is 2.26. The molecule has 1 aliphatic heterocycles. The second-order valence-corrected chi connectivity index (χ2v) is 6.98. The van der Waals surface area contributed by atoms with Gasteiger partial charge in [-0.05, 0) is 57.0 Å². The van der Waals surface area contributed by atoms with Gasteiger partial charge >= 0.3 is 0 Å². The largest absolute Gasteiger partial charge is 0.490 e. The molecule has 1 fully saturated rings. The number of carbonyl (C=O) groups excluding carboxylic acids is 1. The number of rotatable bonds is 9. The summed E-state index contributed by atoms with van der Waals surface area (Å²) in [7, 11) is 0. The van der Waals surface area contributed by atoms with Crippen molar-refractivity contribution in [3.8, 4) is 17.2 Å². The molecule has 1 aliphatic rings. The zero-order chi connectivity index (χ0) is 20.5. The van der Waals surface area contributed by atoms with Crippen molar-refractivity contribution in [2.75, 3.05) is 32.8 Å². The fourth-order valence-corrected chi connectivity index (χ4v) is 3.39. The fourth-order valence-electron chi connectivity index (χ4n) is 3.39. The second-order valence-electron chi connectivity index (χ2n) is 6.98. The molecule has 2 aromatic rings. The molecule has 0 bridgehead atoms. The zero-order valence-electron chi connectivity index (χ0n) is 17.0. The molecule has 156 valence electrons. The first-order valence-corrected chi connectivity index (χ1v) is 10.3. The summed E-state index contributed by atoms with van der Waals surface area (Å²) in [6.45, 7) is 5.15. The summed E-state index contributed by atoms with van der Waals surface area (Å²) in [5.74, 6) is 1.77. The van der Waals surface area contributed by atoms with Crippen LogP contribution in [-0.4, -0.2) is 49.8 Å². The van der Waals surface area contributed by atoms with Crippen LogP contribution in [-0.2, 0) is 4.74 Å². The van der Waals surface area contributed by atoms with Gasteiger partial charge in [0.2, 0.25) is 0 Å². The molecule has 0 radical (unpaired) electrons. The van der Waals surface area contributed by atoms with Crippen molar-refractivity contribution < 1.29 is 19.0 Å². The standard InChI is InChI=1S/C23H30N2O4/c1-2-27-21-10-5-6-11-22(21)29-20-9-4-3-8-19(20)23(26)25-15-12-18(13-16-25)28-17-7-14-24/h3-6,8-11,18H,2,7,12-17,24H2,1H3. The fraction of sp³-hybridized carbons (Fsp3) is 0.435. The van der Waals surface area contributed by atoms with Crippen LogP contribution < -0.4 is 15.2 Å². The van der Waals surface area contributed by atoms with E-state index in [0.717, 1.165) is 19.3 Å². The minimum atomic E-state index is -0.0186. The third-order valence-electron chi connectivity index (χ3n) is 4.92. The van der Waals surface area contributed by atoms with Gasteiger partial charge in [-0.25, -0.2) is 0 Å². The minimum absolute atomic E-state index is 0.0186. The maximum Gasteiger partial charge on any atom is 0.257 e. The molecule has 3 rings (SSSR count). The Hall–Kier alpha value is -2.57. The monoisotopic (exact) mass is 398 g/mol. The highest BCUT2D eigenvalue weighted by molar-refractivity contribution is 5.97. The van der Waals surface area contributed by atoms with Crippen LogP contribution in [0.5, 0.6) is 17.2 Å². The van der Waals surface area contributed by atoms with Gasteiger partial charge in [-0.2, -0.15) is 0 Å². The molecule has 0 spiro atoms. The average molecular weight is 399 g/mol. The molecule has 0 unspecified atom stereocenters. The molecule has 6 heteroatoms. The lowest BCUT2D eigenvalue weighted by atomic mass is 10.1. The lowest BCUT2D eigenvalue weighted by Gasteiger charge is -2.32. The Bertz CT molecular complexity index is 788. The number of ether oxygens (including phenoxy) is 3. The van der Waals surface area contributed by atoms with Crippen molar-refractivity contribution in [3.05, 3.63) is 54.1 Å². The number of piperidine rings is 1. The van der Waals surface area contributed by atoms with Crippen LogP contribution in [0.1, 0.15) is 36.5 Å². The molecule has 1 saturated heterocycles. The minimum Gasteiger partial charge on any atom is -0.490 e. The summed E-state index contributed by atoms with van der Waals surface area (Å²) < 4.78 is 17.6. The maximum absolute atomic E-state index is 13.1. The van der Waals surface area contributed by atoms with E-state index in [4.69, 9.17) is 19.9 Å². The van der Waals surface area contributed by atoms with Crippen LogP contribution in [0, 0.1) is 0 Å². The van der Waals surface area contributed by atoms with Gasteiger partial charge < -0.3 is 24.8 Å². The van der Waals surface area contributed by atoms with Crippen LogP contribution in [0.4, 0.5) is 0 Å². The lowest BCUT2D eigenvalue weighted by Crippen LogP contribution is -2.41. The molecule has 6 nitrogen and oxygen atoms in total. The SMILES string of the molecule is CCOc1ccccc1Oc1ccccc1C(=O)N1CCC(OCCCN)CC1. The van der Waals surface area contributed by atoms with Crippen LogP contribution >= 0.6 is 0 Å². The van der Waals surface area contributed by atoms with Crippen LogP contribution in [0.2, 0.25) is 0 Å². The topological polar surface area (TPSA) is 74.0 Å². The normalized spacial score (nSPS) is 14.6. The summed E-state index contributed by atoms with van der Waals surface area (Å²) >= 11 is 0. The van der Waals surface area contributed by atoms with Gasteiger partial charge in [0.05, 0.1) is 18.3 Å². The number of nitrogens with two attached hydrogens (primary N) is 1. The highest BCUT2D eigenvalue weighted by atomic mass is 16.5. The molecular weight excluding hydrogens is 368 g/mol. The Morgan fingerprint density at radius 3 is 2.38 bits per heavy atom. The van der Waals surface area contributed by atoms with Crippen LogP contribution in [0.3, 0.4) is 0 Å². The lowest BCUT2D eigenvalue weighted by molar-refractivity contribution is 0.00839. The van der Waals surface area contributed by atoms with E-state index in [1.807, 2.05) is 60.4 Å². The van der Waals surface area contributed by atoms with E-state index in [1.165, 1.54) is 0 Å². The van der Waals surface area contributed by atoms with Crippen molar-refractivity contribution in [1.29, 1.82) is 0 Å². The van der Waals surface area contributed by atoms with Crippen LogP contribution in [0.15, 0.2) is 48.5 Å². The van der Waals surface area contributed by atoms with Gasteiger partial charge in [-0.1, -0.05) is 24.3 Å². The van der Waals surface area contributed by atoms with Gasteiger partial charge in [0.1, 0.15) is 5.75 Å². The van der Waals surface area contributed by atoms with Gasteiger partial charge in [0, 0.05) is 19.7 Å². The van der Waals surface area contributed by atoms with E-state index in [0.29, 0.717) is 55.7 Å². The quantitative estimate of drug-likeness (QED) is 0.650. The Morgan fingerprint density at radius 1 is 1.03 bits per heavy atom. The molecule has 1 heterocycles. The molecular formula is C23H30N2O4. The Morgan fingerprint density at radius 2 is 1.69 bits per heavy atom. The summed E-state index contributed by atoms with van der Waals surface area (Å²) in [5.41, 5.74) is 6.07. The van der Waals surface area contributed by atoms with Gasteiger partial charge in [-0.3, -0.25) is 4.79 Å². The van der Waals surface area contributed by atoms with Gasteiger partial charge in [0.25, 0.3) is 5.91 Å². The predicted molar refractivity (Wildman–Crippen MR) is 113 cm³/mol. The Kier molecular flexibility index (Phi) is 7.90. The third kappa shape index (κ3) is 5.71. The number of hydrogen-bond donors (Lipinski definition) is 1. The Balaban J connectivity index is 1.67. The summed E-state index contributed by atoms with van der Waals surface area (Å²) in [5, 5.41) is 0. The third-order valence-corrected chi connectivity index (χ3v) is 4.92. The molecule has 2 aromatic carbocycles. The summed E-state index contributed by atoms with van der Waals surface area (Å²) in [4.78, 5) is 15.0. The van der Waals surface area contributed by atoms with E-state index in [2.05, 4.69) is 0 Å². The summed E-state index contributed by atoms with van der Waals surface area (Å²) in [6, 6.07) is 14.8. The number of nitrogens with zero attached hydrogens (tertiary/aromatic N) is 1. The number of carbonyl (C=O) groups is 1. The van der Waals surface area contributed by atoms with Crippen molar-refractivity contribution in [1.82, 2.24) is 4.90 Å². The van der Waals surface area contributed by atoms with Gasteiger partial charge in [-0.15, -0.1) is 0 Å². The molecule has 1 amide bonds. The smallest absolute Gasteiger partial charge is 0.257 e. The molecule has 2 N–H and O–H groups in total. The molecule has 0 saturated carbocycles.